The summed E-state index contributed by atoms with van der Waals surface area (Å²) in [5.41, 5.74) is -0.0432. The molecule has 90 valence electrons. The van der Waals surface area contributed by atoms with E-state index in [0.29, 0.717) is 0 Å². The summed E-state index contributed by atoms with van der Waals surface area (Å²) >= 11 is 1.72. The number of nitrogens with zero attached hydrogens (tertiary/aromatic N) is 2. The maximum atomic E-state index is 5.42. The Morgan fingerprint density at radius 1 is 1.56 bits per heavy atom. The minimum absolute atomic E-state index is 0.0432. The summed E-state index contributed by atoms with van der Waals surface area (Å²) in [4.78, 5) is 4.51. The van der Waals surface area contributed by atoms with E-state index in [0.717, 1.165) is 43.3 Å². The maximum absolute atomic E-state index is 5.42. The smallest absolute Gasteiger partial charge is 0.246 e. The van der Waals surface area contributed by atoms with Crippen molar-refractivity contribution >= 4 is 11.8 Å². The highest BCUT2D eigenvalue weighted by atomic mass is 32.2. The van der Waals surface area contributed by atoms with Crippen molar-refractivity contribution < 1.29 is 4.52 Å². The van der Waals surface area contributed by atoms with Crippen LogP contribution in [0.2, 0.25) is 0 Å². The van der Waals surface area contributed by atoms with E-state index in [1.807, 2.05) is 6.26 Å². The number of nitrogens with one attached hydrogen (secondary N) is 1. The molecule has 1 fully saturated rings. The van der Waals surface area contributed by atoms with Crippen LogP contribution >= 0.6 is 11.8 Å². The van der Waals surface area contributed by atoms with Gasteiger partial charge < -0.3 is 9.84 Å². The fourth-order valence-electron chi connectivity index (χ4n) is 2.37. The topological polar surface area (TPSA) is 51.0 Å². The molecule has 1 aliphatic heterocycles. The number of hydrogen-bond donors (Lipinski definition) is 1. The molecule has 1 aliphatic rings. The Bertz CT molecular complexity index is 334. The van der Waals surface area contributed by atoms with Gasteiger partial charge in [0.25, 0.3) is 0 Å². The van der Waals surface area contributed by atoms with Gasteiger partial charge in [0.05, 0.1) is 11.3 Å². The van der Waals surface area contributed by atoms with Gasteiger partial charge >= 0.3 is 0 Å². The van der Waals surface area contributed by atoms with Gasteiger partial charge in [-0.15, -0.1) is 0 Å². The standard InChI is InChI=1S/C11H19N3OS/c1-3-5-11(6-4-7-12-11)10-13-9(8-16-2)14-15-10/h12H,3-8H2,1-2H3. The summed E-state index contributed by atoms with van der Waals surface area (Å²) in [5, 5.41) is 7.57. The van der Waals surface area contributed by atoms with Crippen molar-refractivity contribution in [1.29, 1.82) is 0 Å². The molecule has 0 amide bonds. The first kappa shape index (κ1) is 11.9. The van der Waals surface area contributed by atoms with Crippen molar-refractivity contribution in [2.75, 3.05) is 12.8 Å². The lowest BCUT2D eigenvalue weighted by atomic mass is 9.92. The Morgan fingerprint density at radius 3 is 3.06 bits per heavy atom. The van der Waals surface area contributed by atoms with Crippen LogP contribution in [0.25, 0.3) is 0 Å². The molecule has 16 heavy (non-hydrogen) atoms. The van der Waals surface area contributed by atoms with E-state index >= 15 is 0 Å². The van der Waals surface area contributed by atoms with E-state index < -0.39 is 0 Å². The van der Waals surface area contributed by atoms with Gasteiger partial charge in [0.15, 0.2) is 5.82 Å². The zero-order valence-corrected chi connectivity index (χ0v) is 10.8. The normalized spacial score (nSPS) is 25.1. The molecular formula is C11H19N3OS. The van der Waals surface area contributed by atoms with E-state index in [2.05, 4.69) is 22.4 Å². The SMILES string of the molecule is CCCC1(c2nc(CSC)no2)CCCN1. The Hall–Kier alpha value is -0.550. The Balaban J connectivity index is 2.18. The van der Waals surface area contributed by atoms with Crippen LogP contribution in [0.15, 0.2) is 4.52 Å². The van der Waals surface area contributed by atoms with Gasteiger partial charge in [-0.1, -0.05) is 18.5 Å². The Morgan fingerprint density at radius 2 is 2.44 bits per heavy atom. The lowest BCUT2D eigenvalue weighted by molar-refractivity contribution is 0.240. The average molecular weight is 241 g/mol. The second-order valence-corrected chi connectivity index (χ2v) is 5.18. The summed E-state index contributed by atoms with van der Waals surface area (Å²) in [7, 11) is 0. The summed E-state index contributed by atoms with van der Waals surface area (Å²) in [6.07, 6.45) is 6.56. The number of hydrogen-bond acceptors (Lipinski definition) is 5. The highest BCUT2D eigenvalue weighted by Crippen LogP contribution is 2.34. The minimum Gasteiger partial charge on any atom is -0.337 e. The van der Waals surface area contributed by atoms with E-state index in [1.165, 1.54) is 6.42 Å². The summed E-state index contributed by atoms with van der Waals surface area (Å²) in [6, 6.07) is 0. The second kappa shape index (κ2) is 5.19. The molecule has 5 heteroatoms. The third-order valence-corrected chi connectivity index (χ3v) is 3.62. The van der Waals surface area contributed by atoms with E-state index in [-0.39, 0.29) is 5.54 Å². The molecular weight excluding hydrogens is 222 g/mol. The summed E-state index contributed by atoms with van der Waals surface area (Å²) in [6.45, 7) is 3.25. The molecule has 1 aromatic heterocycles. The summed E-state index contributed by atoms with van der Waals surface area (Å²) < 4.78 is 5.42. The zero-order valence-electron chi connectivity index (χ0n) is 9.95. The zero-order chi connectivity index (χ0) is 11.4. The summed E-state index contributed by atoms with van der Waals surface area (Å²) in [5.74, 6) is 2.42. The molecule has 4 nitrogen and oxygen atoms in total. The minimum atomic E-state index is -0.0432. The van der Waals surface area contributed by atoms with Crippen LogP contribution in [0.5, 0.6) is 0 Å². The molecule has 0 aromatic carbocycles. The number of aromatic nitrogens is 2. The molecule has 2 heterocycles. The first-order valence-electron chi connectivity index (χ1n) is 5.88. The molecule has 2 rings (SSSR count). The van der Waals surface area contributed by atoms with Crippen molar-refractivity contribution in [3.8, 4) is 0 Å². The van der Waals surface area contributed by atoms with Crippen molar-refractivity contribution in [2.24, 2.45) is 0 Å². The van der Waals surface area contributed by atoms with E-state index in [9.17, 15) is 0 Å². The molecule has 1 N–H and O–H groups in total. The van der Waals surface area contributed by atoms with Crippen molar-refractivity contribution in [3.63, 3.8) is 0 Å². The van der Waals surface area contributed by atoms with Crippen LogP contribution in [0.1, 0.15) is 44.3 Å². The molecule has 1 saturated heterocycles. The monoisotopic (exact) mass is 241 g/mol. The highest BCUT2D eigenvalue weighted by molar-refractivity contribution is 7.97. The number of thioether (sulfide) groups is 1. The number of rotatable bonds is 5. The molecule has 0 radical (unpaired) electrons. The fourth-order valence-corrected chi connectivity index (χ4v) is 2.75. The quantitative estimate of drug-likeness (QED) is 0.857. The molecule has 0 saturated carbocycles. The lowest BCUT2D eigenvalue weighted by Crippen LogP contribution is -2.37. The van der Waals surface area contributed by atoms with Crippen molar-refractivity contribution in [1.82, 2.24) is 15.5 Å². The van der Waals surface area contributed by atoms with Gasteiger partial charge in [-0.2, -0.15) is 16.7 Å². The van der Waals surface area contributed by atoms with Gasteiger partial charge in [0, 0.05) is 0 Å². The average Bonchev–Trinajstić information content (AvgIpc) is 2.88. The van der Waals surface area contributed by atoms with Gasteiger partial charge in [0.1, 0.15) is 0 Å². The largest absolute Gasteiger partial charge is 0.337 e. The third-order valence-electron chi connectivity index (χ3n) is 3.07. The van der Waals surface area contributed by atoms with Crippen LogP contribution in [0.3, 0.4) is 0 Å². The lowest BCUT2D eigenvalue weighted by Gasteiger charge is -2.24. The maximum Gasteiger partial charge on any atom is 0.246 e. The molecule has 0 spiro atoms. The van der Waals surface area contributed by atoms with Gasteiger partial charge in [0.2, 0.25) is 5.89 Å². The fraction of sp³-hybridized carbons (Fsp3) is 0.818. The third kappa shape index (κ3) is 2.25. The second-order valence-electron chi connectivity index (χ2n) is 4.31. The molecule has 1 atom stereocenters. The van der Waals surface area contributed by atoms with Gasteiger partial charge in [-0.25, -0.2) is 0 Å². The Labute approximate surface area is 101 Å². The highest BCUT2D eigenvalue weighted by Gasteiger charge is 2.39. The van der Waals surface area contributed by atoms with Gasteiger partial charge in [-0.3, -0.25) is 0 Å². The Kier molecular flexibility index (Phi) is 3.86. The molecule has 1 aromatic rings. The van der Waals surface area contributed by atoms with Crippen molar-refractivity contribution in [3.05, 3.63) is 11.7 Å². The van der Waals surface area contributed by atoms with Crippen LogP contribution in [-0.4, -0.2) is 22.9 Å². The van der Waals surface area contributed by atoms with Crippen LogP contribution < -0.4 is 5.32 Å². The molecule has 1 unspecified atom stereocenters. The first-order valence-corrected chi connectivity index (χ1v) is 7.27. The molecule has 0 bridgehead atoms. The van der Waals surface area contributed by atoms with Crippen LogP contribution in [-0.2, 0) is 11.3 Å². The van der Waals surface area contributed by atoms with Crippen LogP contribution in [0.4, 0.5) is 0 Å². The molecule has 0 aliphatic carbocycles. The predicted octanol–water partition coefficient (Wildman–Crippen LogP) is 2.31. The van der Waals surface area contributed by atoms with E-state index in [1.54, 1.807) is 11.8 Å². The van der Waals surface area contributed by atoms with Gasteiger partial charge in [-0.05, 0) is 32.1 Å². The van der Waals surface area contributed by atoms with E-state index in [4.69, 9.17) is 4.52 Å². The van der Waals surface area contributed by atoms with Crippen molar-refractivity contribution in [2.45, 2.75) is 43.9 Å². The van der Waals surface area contributed by atoms with Crippen LogP contribution in [0, 0.1) is 0 Å². The predicted molar refractivity (Wildman–Crippen MR) is 65.3 cm³/mol. The first-order chi connectivity index (χ1) is 7.80.